The highest BCUT2D eigenvalue weighted by Gasteiger charge is 2.40. The van der Waals surface area contributed by atoms with Crippen LogP contribution in [-0.4, -0.2) is 89.0 Å². The summed E-state index contributed by atoms with van der Waals surface area (Å²) in [5.41, 5.74) is 1.78. The number of amides is 2. The number of hydrogen-bond acceptors (Lipinski definition) is 4. The fourth-order valence-electron chi connectivity index (χ4n) is 4.28. The van der Waals surface area contributed by atoms with Gasteiger partial charge in [-0.25, -0.2) is 9.69 Å². The first-order valence-corrected chi connectivity index (χ1v) is 10.6. The van der Waals surface area contributed by atoms with E-state index in [1.54, 1.807) is 19.4 Å². The van der Waals surface area contributed by atoms with E-state index in [1.807, 2.05) is 23.1 Å². The molecule has 0 saturated carbocycles. The molecule has 4 rings (SSSR count). The first-order chi connectivity index (χ1) is 14.4. The Morgan fingerprint density at radius 3 is 2.57 bits per heavy atom. The topological polar surface area (TPSA) is 61.7 Å². The predicted octanol–water partition coefficient (Wildman–Crippen LogP) is 2.09. The van der Waals surface area contributed by atoms with Gasteiger partial charge in [0.25, 0.3) is 0 Å². The Balaban J connectivity index is 1.33. The molecular formula is C21H28ClN6O2+. The Labute approximate surface area is 181 Å². The van der Waals surface area contributed by atoms with Gasteiger partial charge >= 0.3 is 6.03 Å². The van der Waals surface area contributed by atoms with Crippen LogP contribution >= 0.6 is 11.6 Å². The minimum atomic E-state index is -0.136. The van der Waals surface area contributed by atoms with Gasteiger partial charge in [0, 0.05) is 25.5 Å². The summed E-state index contributed by atoms with van der Waals surface area (Å²) in [6.07, 6.45) is 3.16. The van der Waals surface area contributed by atoms with Crippen molar-refractivity contribution in [2.75, 3.05) is 57.9 Å². The van der Waals surface area contributed by atoms with E-state index in [0.717, 1.165) is 54.5 Å². The van der Waals surface area contributed by atoms with Crippen molar-refractivity contribution in [1.29, 1.82) is 0 Å². The van der Waals surface area contributed by atoms with Gasteiger partial charge in [-0.2, -0.15) is 9.78 Å². The van der Waals surface area contributed by atoms with Crippen molar-refractivity contribution in [2.24, 2.45) is 0 Å². The van der Waals surface area contributed by atoms with E-state index in [4.69, 9.17) is 11.6 Å². The van der Waals surface area contributed by atoms with E-state index >= 15 is 0 Å². The van der Waals surface area contributed by atoms with Crippen LogP contribution in [0.2, 0.25) is 5.02 Å². The van der Waals surface area contributed by atoms with Gasteiger partial charge in [-0.05, 0) is 11.6 Å². The number of piperazine rings is 1. The summed E-state index contributed by atoms with van der Waals surface area (Å²) in [5.74, 6) is -0.0956. The van der Waals surface area contributed by atoms with Crippen molar-refractivity contribution in [1.82, 2.24) is 19.6 Å². The number of nitrogens with zero attached hydrogens (tertiary/aromatic N) is 6. The number of quaternary nitrogens is 1. The smallest absolute Gasteiger partial charge is 0.313 e. The zero-order chi connectivity index (χ0) is 21.3. The lowest BCUT2D eigenvalue weighted by Gasteiger charge is -2.41. The number of carbonyl (C=O) groups is 2. The summed E-state index contributed by atoms with van der Waals surface area (Å²) in [7, 11) is 1.67. The molecular weight excluding hydrogens is 404 g/mol. The zero-order valence-corrected chi connectivity index (χ0v) is 18.3. The third kappa shape index (κ3) is 4.21. The quantitative estimate of drug-likeness (QED) is 0.698. The standard InChI is InChI=1S/C21H28ClN6O2/c1-17(29)24(2)19-13-23-27(15-19)21(30)26-8-11-28(12-9-26)10-7-25(16-28)14-18-5-3-4-6-20(18)22/h3-6,13,15H,7-12,14,16H2,1-2H3/q+1. The van der Waals surface area contributed by atoms with Gasteiger partial charge in [0.05, 0.1) is 57.3 Å². The SMILES string of the molecule is CC(=O)N(C)c1cnn(C(=O)N2CC[N+]3(CCN(Cc4ccccc4Cl)C3)CC2)c1. The molecule has 2 saturated heterocycles. The van der Waals surface area contributed by atoms with Crippen LogP contribution in [0.5, 0.6) is 0 Å². The molecule has 0 unspecified atom stereocenters. The van der Waals surface area contributed by atoms with Crippen LogP contribution in [0.15, 0.2) is 36.7 Å². The molecule has 8 nitrogen and oxygen atoms in total. The van der Waals surface area contributed by atoms with Gasteiger partial charge in [-0.1, -0.05) is 29.8 Å². The monoisotopic (exact) mass is 431 g/mol. The zero-order valence-electron chi connectivity index (χ0n) is 17.5. The summed E-state index contributed by atoms with van der Waals surface area (Å²) < 4.78 is 2.35. The number of halogens is 1. The molecule has 2 aliphatic heterocycles. The maximum atomic E-state index is 12.8. The maximum Gasteiger partial charge on any atom is 0.345 e. The number of aromatic nitrogens is 2. The van der Waals surface area contributed by atoms with Crippen molar-refractivity contribution >= 4 is 29.2 Å². The highest BCUT2D eigenvalue weighted by molar-refractivity contribution is 6.31. The molecule has 160 valence electrons. The Morgan fingerprint density at radius 1 is 1.17 bits per heavy atom. The lowest BCUT2D eigenvalue weighted by Crippen LogP contribution is -2.60. The highest BCUT2D eigenvalue weighted by atomic mass is 35.5. The average molecular weight is 432 g/mol. The minimum Gasteiger partial charge on any atom is -0.313 e. The van der Waals surface area contributed by atoms with Gasteiger partial charge < -0.3 is 14.3 Å². The molecule has 0 radical (unpaired) electrons. The van der Waals surface area contributed by atoms with E-state index in [0.29, 0.717) is 18.8 Å². The Kier molecular flexibility index (Phi) is 5.81. The van der Waals surface area contributed by atoms with E-state index in [2.05, 4.69) is 16.1 Å². The second-order valence-corrected chi connectivity index (χ2v) is 8.70. The van der Waals surface area contributed by atoms with Gasteiger partial charge in [0.15, 0.2) is 0 Å². The highest BCUT2D eigenvalue weighted by Crippen LogP contribution is 2.24. The average Bonchev–Trinajstić information content (AvgIpc) is 3.37. The van der Waals surface area contributed by atoms with Gasteiger partial charge in [-0.15, -0.1) is 0 Å². The number of benzene rings is 1. The molecule has 0 atom stereocenters. The number of rotatable bonds is 3. The second-order valence-electron chi connectivity index (χ2n) is 8.29. The molecule has 0 bridgehead atoms. The van der Waals surface area contributed by atoms with Crippen molar-refractivity contribution in [2.45, 2.75) is 13.5 Å². The Hall–Kier alpha value is -2.42. The molecule has 3 heterocycles. The largest absolute Gasteiger partial charge is 0.345 e. The van der Waals surface area contributed by atoms with Crippen LogP contribution in [0.25, 0.3) is 0 Å². The molecule has 0 N–H and O–H groups in total. The van der Waals surface area contributed by atoms with Crippen LogP contribution in [0.4, 0.5) is 10.5 Å². The van der Waals surface area contributed by atoms with Crippen molar-refractivity contribution < 1.29 is 14.1 Å². The third-order valence-corrected chi connectivity index (χ3v) is 6.69. The molecule has 30 heavy (non-hydrogen) atoms. The van der Waals surface area contributed by atoms with Crippen molar-refractivity contribution in [3.05, 3.63) is 47.2 Å². The van der Waals surface area contributed by atoms with Crippen molar-refractivity contribution in [3.63, 3.8) is 0 Å². The Morgan fingerprint density at radius 2 is 1.87 bits per heavy atom. The molecule has 2 amide bonds. The van der Waals surface area contributed by atoms with Crippen LogP contribution in [0.1, 0.15) is 12.5 Å². The lowest BCUT2D eigenvalue weighted by molar-refractivity contribution is -0.924. The number of hydrogen-bond donors (Lipinski definition) is 0. The molecule has 1 aromatic heterocycles. The van der Waals surface area contributed by atoms with Crippen molar-refractivity contribution in [3.8, 4) is 0 Å². The van der Waals surface area contributed by atoms with Gasteiger partial charge in [-0.3, -0.25) is 4.79 Å². The molecule has 1 aromatic carbocycles. The number of anilines is 1. The maximum absolute atomic E-state index is 12.8. The third-order valence-electron chi connectivity index (χ3n) is 6.33. The lowest BCUT2D eigenvalue weighted by atomic mass is 10.2. The van der Waals surface area contributed by atoms with E-state index < -0.39 is 0 Å². The van der Waals surface area contributed by atoms with Crippen LogP contribution in [0, 0.1) is 0 Å². The first kappa shape index (κ1) is 20.8. The van der Waals surface area contributed by atoms with E-state index in [-0.39, 0.29) is 11.9 Å². The normalized spacial score (nSPS) is 18.7. The van der Waals surface area contributed by atoms with Crippen LogP contribution in [-0.2, 0) is 11.3 Å². The number of carbonyl (C=O) groups excluding carboxylic acids is 2. The van der Waals surface area contributed by atoms with E-state index in [9.17, 15) is 9.59 Å². The fourth-order valence-corrected chi connectivity index (χ4v) is 4.47. The Bertz CT molecular complexity index is 937. The predicted molar refractivity (Wildman–Crippen MR) is 115 cm³/mol. The van der Waals surface area contributed by atoms with Crippen LogP contribution in [0.3, 0.4) is 0 Å². The molecule has 9 heteroatoms. The second kappa shape index (κ2) is 8.37. The van der Waals surface area contributed by atoms with Gasteiger partial charge in [0.1, 0.15) is 6.67 Å². The van der Waals surface area contributed by atoms with Gasteiger partial charge in [0.2, 0.25) is 5.91 Å². The molecule has 2 aromatic rings. The molecule has 2 fully saturated rings. The summed E-state index contributed by atoms with van der Waals surface area (Å²) >= 11 is 6.32. The minimum absolute atomic E-state index is 0.0956. The molecule has 0 aliphatic carbocycles. The van der Waals surface area contributed by atoms with E-state index in [1.165, 1.54) is 16.5 Å². The summed E-state index contributed by atoms with van der Waals surface area (Å²) in [6, 6.07) is 7.88. The molecule has 2 aliphatic rings. The summed E-state index contributed by atoms with van der Waals surface area (Å²) in [4.78, 5) is 30.1. The summed E-state index contributed by atoms with van der Waals surface area (Å²) in [6.45, 7) is 8.76. The molecule has 1 spiro atoms. The first-order valence-electron chi connectivity index (χ1n) is 10.3. The fraction of sp³-hybridized carbons (Fsp3) is 0.476. The summed E-state index contributed by atoms with van der Waals surface area (Å²) in [5, 5.41) is 4.98. The van der Waals surface area contributed by atoms with Crippen LogP contribution < -0.4 is 4.90 Å².